The Morgan fingerprint density at radius 1 is 1.17 bits per heavy atom. The molecule has 0 aliphatic heterocycles. The van der Waals surface area contributed by atoms with Crippen LogP contribution in [0.1, 0.15) is 79.3 Å². The van der Waals surface area contributed by atoms with E-state index in [1.54, 1.807) is 32.9 Å². The average molecular weight is 505 g/mol. The van der Waals surface area contributed by atoms with Gasteiger partial charge in [-0.15, -0.1) is 0 Å². The number of nitrogens with two attached hydrogens (primary N) is 1. The van der Waals surface area contributed by atoms with E-state index in [0.717, 1.165) is 0 Å². The van der Waals surface area contributed by atoms with Crippen LogP contribution in [0.3, 0.4) is 0 Å². The lowest BCUT2D eigenvalue weighted by Crippen LogP contribution is -2.55. The van der Waals surface area contributed by atoms with Crippen molar-refractivity contribution < 1.29 is 29.0 Å². The van der Waals surface area contributed by atoms with Gasteiger partial charge in [-0.3, -0.25) is 14.4 Å². The van der Waals surface area contributed by atoms with Crippen LogP contribution in [0.5, 0.6) is 5.75 Å². The molecule has 5 N–H and O–H groups in total. The topological polar surface area (TPSA) is 151 Å². The van der Waals surface area contributed by atoms with Gasteiger partial charge in [-0.1, -0.05) is 19.1 Å². The molecule has 1 aromatic carbocycles. The summed E-state index contributed by atoms with van der Waals surface area (Å²) >= 11 is 0. The van der Waals surface area contributed by atoms with E-state index in [1.807, 2.05) is 27.7 Å². The standard InChI is InChI=1S/C26H40N4O6/c1-15-13-19(15)30(21(22(33)29-25(2,3)4)16-9-8-10-17(31)14-16)23(34)18(11-12-20(27)32)28-24(35)36-26(5,6)7/h8-10,14-15,18-19,21,31H,11-13H2,1-7H3,(H2,27,32)(H,28,35)(H,29,33). The van der Waals surface area contributed by atoms with E-state index < -0.39 is 47.0 Å². The Bertz CT molecular complexity index is 981. The first-order valence-corrected chi connectivity index (χ1v) is 12.2. The summed E-state index contributed by atoms with van der Waals surface area (Å²) in [4.78, 5) is 53.2. The number of primary amides is 1. The summed E-state index contributed by atoms with van der Waals surface area (Å²) in [6.45, 7) is 12.5. The van der Waals surface area contributed by atoms with Crippen LogP contribution in [0, 0.1) is 5.92 Å². The van der Waals surface area contributed by atoms with Crippen molar-refractivity contribution in [1.82, 2.24) is 15.5 Å². The van der Waals surface area contributed by atoms with Gasteiger partial charge in [0.2, 0.25) is 17.7 Å². The summed E-state index contributed by atoms with van der Waals surface area (Å²) in [5.74, 6) is -1.51. The predicted octanol–water partition coefficient (Wildman–Crippen LogP) is 2.74. The lowest BCUT2D eigenvalue weighted by atomic mass is 9.99. The van der Waals surface area contributed by atoms with Crippen LogP contribution in [-0.2, 0) is 19.1 Å². The molecule has 0 bridgehead atoms. The van der Waals surface area contributed by atoms with Crippen LogP contribution < -0.4 is 16.4 Å². The van der Waals surface area contributed by atoms with Crippen LogP contribution in [0.15, 0.2) is 24.3 Å². The molecule has 10 nitrogen and oxygen atoms in total. The molecule has 1 fully saturated rings. The number of carbonyl (C=O) groups is 4. The molecule has 0 aromatic heterocycles. The molecule has 2 rings (SSSR count). The molecular weight excluding hydrogens is 464 g/mol. The molecule has 1 saturated carbocycles. The Kier molecular flexibility index (Phi) is 8.98. The molecule has 0 radical (unpaired) electrons. The largest absolute Gasteiger partial charge is 0.508 e. The van der Waals surface area contributed by atoms with E-state index in [4.69, 9.17) is 10.5 Å². The van der Waals surface area contributed by atoms with Crippen LogP contribution in [-0.4, -0.2) is 57.0 Å². The third-order valence-electron chi connectivity index (χ3n) is 5.56. The van der Waals surface area contributed by atoms with E-state index in [0.29, 0.717) is 12.0 Å². The van der Waals surface area contributed by atoms with Crippen molar-refractivity contribution in [2.75, 3.05) is 0 Å². The zero-order chi connectivity index (χ0) is 27.4. The molecule has 36 heavy (non-hydrogen) atoms. The molecule has 0 heterocycles. The minimum atomic E-state index is -1.15. The Morgan fingerprint density at radius 2 is 1.78 bits per heavy atom. The van der Waals surface area contributed by atoms with Gasteiger partial charge in [0.25, 0.3) is 0 Å². The fourth-order valence-corrected chi connectivity index (χ4v) is 3.92. The number of carbonyl (C=O) groups excluding carboxylic acids is 4. The van der Waals surface area contributed by atoms with Crippen molar-refractivity contribution in [3.63, 3.8) is 0 Å². The minimum absolute atomic E-state index is 0.0468. The van der Waals surface area contributed by atoms with E-state index in [2.05, 4.69) is 10.6 Å². The van der Waals surface area contributed by atoms with Gasteiger partial charge >= 0.3 is 6.09 Å². The highest BCUT2D eigenvalue weighted by molar-refractivity contribution is 5.93. The number of phenolic OH excluding ortho intramolecular Hbond substituents is 1. The van der Waals surface area contributed by atoms with Crippen LogP contribution >= 0.6 is 0 Å². The number of hydrogen-bond donors (Lipinski definition) is 4. The van der Waals surface area contributed by atoms with Crippen molar-refractivity contribution in [2.24, 2.45) is 11.7 Å². The van der Waals surface area contributed by atoms with Crippen LogP contribution in [0.25, 0.3) is 0 Å². The van der Waals surface area contributed by atoms with Crippen molar-refractivity contribution >= 4 is 23.8 Å². The van der Waals surface area contributed by atoms with Crippen molar-refractivity contribution in [2.45, 2.75) is 97.0 Å². The number of aromatic hydroxyl groups is 1. The number of phenols is 1. The second-order valence-electron chi connectivity index (χ2n) is 11.5. The molecule has 0 spiro atoms. The molecule has 4 amide bonds. The van der Waals surface area contributed by atoms with Crippen LogP contribution in [0.2, 0.25) is 0 Å². The molecule has 4 atom stereocenters. The highest BCUT2D eigenvalue weighted by atomic mass is 16.6. The van der Waals surface area contributed by atoms with Crippen molar-refractivity contribution in [1.29, 1.82) is 0 Å². The van der Waals surface area contributed by atoms with E-state index >= 15 is 0 Å². The van der Waals surface area contributed by atoms with Crippen molar-refractivity contribution in [3.05, 3.63) is 29.8 Å². The summed E-state index contributed by atoms with van der Waals surface area (Å²) in [7, 11) is 0. The van der Waals surface area contributed by atoms with Gasteiger partial charge in [-0.25, -0.2) is 4.79 Å². The highest BCUT2D eigenvalue weighted by Gasteiger charge is 2.48. The third-order valence-corrected chi connectivity index (χ3v) is 5.56. The second-order valence-corrected chi connectivity index (χ2v) is 11.5. The van der Waals surface area contributed by atoms with Gasteiger partial charge in [0.05, 0.1) is 0 Å². The lowest BCUT2D eigenvalue weighted by Gasteiger charge is -2.36. The zero-order valence-corrected chi connectivity index (χ0v) is 22.3. The molecule has 0 saturated heterocycles. The first kappa shape index (κ1) is 28.9. The minimum Gasteiger partial charge on any atom is -0.508 e. The summed E-state index contributed by atoms with van der Waals surface area (Å²) < 4.78 is 5.33. The van der Waals surface area contributed by atoms with Gasteiger partial charge < -0.3 is 31.1 Å². The average Bonchev–Trinajstić information content (AvgIpc) is 3.41. The van der Waals surface area contributed by atoms with Gasteiger partial charge in [-0.05, 0) is 78.0 Å². The Balaban J connectivity index is 2.51. The first-order chi connectivity index (χ1) is 16.5. The third kappa shape index (κ3) is 8.73. The fourth-order valence-electron chi connectivity index (χ4n) is 3.92. The van der Waals surface area contributed by atoms with Gasteiger partial charge in [0.1, 0.15) is 23.4 Å². The SMILES string of the molecule is CC1CC1N(C(=O)C(CCC(N)=O)NC(=O)OC(C)(C)C)C(C(=O)NC(C)(C)C)c1cccc(O)c1. The second kappa shape index (κ2) is 11.2. The van der Waals surface area contributed by atoms with Gasteiger partial charge in [-0.2, -0.15) is 0 Å². The number of amides is 4. The number of alkyl carbamates (subject to hydrolysis) is 1. The maximum Gasteiger partial charge on any atom is 0.408 e. The maximum absolute atomic E-state index is 14.0. The fraction of sp³-hybridized carbons (Fsp3) is 0.615. The predicted molar refractivity (Wildman–Crippen MR) is 135 cm³/mol. The lowest BCUT2D eigenvalue weighted by molar-refractivity contribution is -0.144. The monoisotopic (exact) mass is 504 g/mol. The van der Waals surface area contributed by atoms with Crippen LogP contribution in [0.4, 0.5) is 4.79 Å². The molecular formula is C26H40N4O6. The molecule has 10 heteroatoms. The number of rotatable bonds is 9. The zero-order valence-electron chi connectivity index (χ0n) is 22.3. The number of benzene rings is 1. The molecule has 1 aromatic rings. The first-order valence-electron chi connectivity index (χ1n) is 12.2. The smallest absolute Gasteiger partial charge is 0.408 e. The Labute approximate surface area is 212 Å². The van der Waals surface area contributed by atoms with E-state index in [1.165, 1.54) is 17.0 Å². The quantitative estimate of drug-likeness (QED) is 0.406. The normalized spacial score (nSPS) is 19.0. The van der Waals surface area contributed by atoms with Gasteiger partial charge in [0.15, 0.2) is 0 Å². The maximum atomic E-state index is 14.0. The Hall–Kier alpha value is -3.30. The molecule has 1 aliphatic rings. The number of ether oxygens (including phenoxy) is 1. The number of hydrogen-bond acceptors (Lipinski definition) is 6. The summed E-state index contributed by atoms with van der Waals surface area (Å²) in [5, 5.41) is 15.6. The Morgan fingerprint density at radius 3 is 2.25 bits per heavy atom. The van der Waals surface area contributed by atoms with E-state index in [9.17, 15) is 24.3 Å². The van der Waals surface area contributed by atoms with E-state index in [-0.39, 0.29) is 30.6 Å². The summed E-state index contributed by atoms with van der Waals surface area (Å²) in [6, 6.07) is 3.70. The number of nitrogens with zero attached hydrogens (tertiary/aromatic N) is 1. The number of nitrogens with one attached hydrogen (secondary N) is 2. The molecule has 4 unspecified atom stereocenters. The summed E-state index contributed by atoms with van der Waals surface area (Å²) in [6.07, 6.45) is -0.356. The van der Waals surface area contributed by atoms with Crippen molar-refractivity contribution in [3.8, 4) is 5.75 Å². The molecule has 1 aliphatic carbocycles. The summed E-state index contributed by atoms with van der Waals surface area (Å²) in [5.41, 5.74) is 4.37. The molecule has 200 valence electrons. The highest BCUT2D eigenvalue weighted by Crippen LogP contribution is 2.41. The van der Waals surface area contributed by atoms with Gasteiger partial charge in [0, 0.05) is 18.0 Å².